The normalized spacial score (nSPS) is 19.2. The summed E-state index contributed by atoms with van der Waals surface area (Å²) in [6, 6.07) is 7.71. The third-order valence-corrected chi connectivity index (χ3v) is 6.68. The van der Waals surface area contributed by atoms with Crippen LogP contribution in [0.25, 0.3) is 0 Å². The number of aliphatic hydroxyl groups is 1. The van der Waals surface area contributed by atoms with Gasteiger partial charge in [-0.3, -0.25) is 9.59 Å². The molecule has 1 fully saturated rings. The molecule has 0 aromatic heterocycles. The summed E-state index contributed by atoms with van der Waals surface area (Å²) in [6.07, 6.45) is 14.7. The van der Waals surface area contributed by atoms with Gasteiger partial charge in [0, 0.05) is 30.9 Å². The molecule has 1 amide bonds. The molecule has 1 aromatic rings. The van der Waals surface area contributed by atoms with E-state index in [-0.39, 0.29) is 23.8 Å². The van der Waals surface area contributed by atoms with E-state index in [1.807, 2.05) is 30.3 Å². The maximum absolute atomic E-state index is 12.3. The summed E-state index contributed by atoms with van der Waals surface area (Å²) in [6.45, 7) is 2.64. The molecule has 2 N–H and O–H groups in total. The second-order valence-corrected chi connectivity index (χ2v) is 9.26. The van der Waals surface area contributed by atoms with Crippen LogP contribution >= 0.6 is 0 Å². The number of amides is 1. The topological polar surface area (TPSA) is 75.6 Å². The van der Waals surface area contributed by atoms with Crippen LogP contribution in [0.3, 0.4) is 0 Å². The van der Waals surface area contributed by atoms with Crippen LogP contribution in [-0.2, 0) is 16.1 Å². The van der Waals surface area contributed by atoms with Crippen LogP contribution in [0.2, 0.25) is 0 Å². The molecule has 3 atom stereocenters. The van der Waals surface area contributed by atoms with Crippen LogP contribution < -0.4 is 10.1 Å². The molecular weight excluding hydrogens is 414 g/mol. The van der Waals surface area contributed by atoms with Gasteiger partial charge in [0.1, 0.15) is 11.5 Å². The van der Waals surface area contributed by atoms with Crippen molar-refractivity contribution >= 4 is 11.7 Å². The lowest BCUT2D eigenvalue weighted by Crippen LogP contribution is -2.22. The Kier molecular flexibility index (Phi) is 12.9. The standard InChI is InChI=1S/C28H43NO4/c1-3-4-7-13-24(30)19-17-22-18-20-26(31)25(22)14-8-5-6-9-16-28(32)29-21-23-12-10-11-15-27(23)33-2/h10-12,15,17,19,22,24-25,30H,3-9,13-14,16,18,20-21H2,1-2H3,(H,29,32)/t22-,24-,25+/m0/s1. The van der Waals surface area contributed by atoms with Crippen molar-refractivity contribution in [1.82, 2.24) is 5.32 Å². The van der Waals surface area contributed by atoms with E-state index in [4.69, 9.17) is 4.74 Å². The van der Waals surface area contributed by atoms with Gasteiger partial charge in [0.25, 0.3) is 0 Å². The average molecular weight is 458 g/mol. The van der Waals surface area contributed by atoms with Gasteiger partial charge < -0.3 is 15.2 Å². The summed E-state index contributed by atoms with van der Waals surface area (Å²) in [7, 11) is 1.64. The highest BCUT2D eigenvalue weighted by atomic mass is 16.5. The zero-order valence-electron chi connectivity index (χ0n) is 20.6. The first-order valence-electron chi connectivity index (χ1n) is 12.8. The molecule has 0 heterocycles. The van der Waals surface area contributed by atoms with Crippen molar-refractivity contribution in [2.24, 2.45) is 11.8 Å². The van der Waals surface area contributed by atoms with Crippen LogP contribution in [0.1, 0.15) is 89.5 Å². The number of para-hydroxylation sites is 1. The van der Waals surface area contributed by atoms with E-state index in [0.717, 1.165) is 75.5 Å². The van der Waals surface area contributed by atoms with Gasteiger partial charge in [0.05, 0.1) is 13.2 Å². The Hall–Kier alpha value is -2.14. The number of carbonyl (C=O) groups excluding carboxylic acids is 2. The Morgan fingerprint density at radius 3 is 2.76 bits per heavy atom. The Morgan fingerprint density at radius 1 is 1.18 bits per heavy atom. The quantitative estimate of drug-likeness (QED) is 0.245. The third kappa shape index (κ3) is 10.1. The molecule has 1 aromatic carbocycles. The number of hydrogen-bond donors (Lipinski definition) is 2. The fourth-order valence-corrected chi connectivity index (χ4v) is 4.64. The van der Waals surface area contributed by atoms with E-state index in [2.05, 4.69) is 18.3 Å². The van der Waals surface area contributed by atoms with Crippen molar-refractivity contribution in [1.29, 1.82) is 0 Å². The third-order valence-electron chi connectivity index (χ3n) is 6.68. The minimum absolute atomic E-state index is 0.0644. The van der Waals surface area contributed by atoms with Crippen LogP contribution in [0, 0.1) is 11.8 Å². The van der Waals surface area contributed by atoms with E-state index in [1.165, 1.54) is 0 Å². The number of aliphatic hydroxyl groups excluding tert-OH is 1. The molecule has 184 valence electrons. The number of ketones is 1. The molecular formula is C28H43NO4. The summed E-state index contributed by atoms with van der Waals surface area (Å²) in [5.41, 5.74) is 0.978. The lowest BCUT2D eigenvalue weighted by Gasteiger charge is -2.15. The summed E-state index contributed by atoms with van der Waals surface area (Å²) in [4.78, 5) is 24.5. The molecule has 1 aliphatic carbocycles. The molecule has 0 saturated heterocycles. The molecule has 33 heavy (non-hydrogen) atoms. The first-order chi connectivity index (χ1) is 16.0. The van der Waals surface area contributed by atoms with E-state index in [9.17, 15) is 14.7 Å². The number of carbonyl (C=O) groups is 2. The summed E-state index contributed by atoms with van der Waals surface area (Å²) >= 11 is 0. The second-order valence-electron chi connectivity index (χ2n) is 9.26. The molecule has 0 aliphatic heterocycles. The van der Waals surface area contributed by atoms with Crippen LogP contribution in [0.5, 0.6) is 5.75 Å². The zero-order chi connectivity index (χ0) is 23.9. The second kappa shape index (κ2) is 15.7. The van der Waals surface area contributed by atoms with Crippen molar-refractivity contribution in [3.8, 4) is 5.75 Å². The number of benzene rings is 1. The van der Waals surface area contributed by atoms with Gasteiger partial charge in [0.2, 0.25) is 5.91 Å². The number of unbranched alkanes of at least 4 members (excludes halogenated alkanes) is 5. The summed E-state index contributed by atoms with van der Waals surface area (Å²) < 4.78 is 5.31. The summed E-state index contributed by atoms with van der Waals surface area (Å²) in [5, 5.41) is 13.1. The molecule has 1 aliphatic rings. The van der Waals surface area contributed by atoms with Crippen molar-refractivity contribution in [2.45, 2.75) is 96.6 Å². The minimum atomic E-state index is -0.387. The lowest BCUT2D eigenvalue weighted by molar-refractivity contribution is -0.122. The number of allylic oxidation sites excluding steroid dienone is 1. The predicted molar refractivity (Wildman–Crippen MR) is 133 cm³/mol. The molecule has 0 bridgehead atoms. The van der Waals surface area contributed by atoms with E-state index < -0.39 is 0 Å². The SMILES string of the molecule is CCCCC[C@H](O)C=C[C@H]1CCC(=O)[C@@H]1CCCCCCC(=O)NCc1ccccc1OC. The van der Waals surface area contributed by atoms with Gasteiger partial charge in [0.15, 0.2) is 0 Å². The molecule has 5 heteroatoms. The van der Waals surface area contributed by atoms with Gasteiger partial charge in [-0.15, -0.1) is 0 Å². The average Bonchev–Trinajstić information content (AvgIpc) is 3.18. The first kappa shape index (κ1) is 27.1. The van der Waals surface area contributed by atoms with Crippen LogP contribution in [0.15, 0.2) is 36.4 Å². The van der Waals surface area contributed by atoms with Crippen molar-refractivity contribution < 1.29 is 19.4 Å². The largest absolute Gasteiger partial charge is 0.496 e. The number of ether oxygens (including phenoxy) is 1. The smallest absolute Gasteiger partial charge is 0.220 e. The van der Waals surface area contributed by atoms with Crippen LogP contribution in [-0.4, -0.2) is 30.0 Å². The number of Topliss-reactive ketones (excluding diaryl/α,β-unsaturated/α-hetero) is 1. The van der Waals surface area contributed by atoms with Gasteiger partial charge in [-0.05, 0) is 37.7 Å². The maximum atomic E-state index is 12.3. The molecule has 0 spiro atoms. The number of methoxy groups -OCH3 is 1. The van der Waals surface area contributed by atoms with E-state index >= 15 is 0 Å². The Labute approximate surface area is 200 Å². The first-order valence-corrected chi connectivity index (χ1v) is 12.8. The molecule has 1 saturated carbocycles. The van der Waals surface area contributed by atoms with Crippen molar-refractivity contribution in [2.75, 3.05) is 7.11 Å². The molecule has 2 rings (SSSR count). The van der Waals surface area contributed by atoms with Crippen LogP contribution in [0.4, 0.5) is 0 Å². The number of nitrogens with one attached hydrogen (secondary N) is 1. The van der Waals surface area contributed by atoms with Crippen molar-refractivity contribution in [3.05, 3.63) is 42.0 Å². The summed E-state index contributed by atoms with van der Waals surface area (Å²) in [5.74, 6) is 1.61. The highest BCUT2D eigenvalue weighted by molar-refractivity contribution is 5.83. The zero-order valence-corrected chi connectivity index (χ0v) is 20.6. The minimum Gasteiger partial charge on any atom is -0.496 e. The predicted octanol–water partition coefficient (Wildman–Crippen LogP) is 5.74. The Bertz CT molecular complexity index is 745. The Morgan fingerprint density at radius 2 is 1.97 bits per heavy atom. The fraction of sp³-hybridized carbons (Fsp3) is 0.643. The molecule has 5 nitrogen and oxygen atoms in total. The maximum Gasteiger partial charge on any atom is 0.220 e. The van der Waals surface area contributed by atoms with Gasteiger partial charge in [-0.2, -0.15) is 0 Å². The van der Waals surface area contributed by atoms with E-state index in [1.54, 1.807) is 7.11 Å². The lowest BCUT2D eigenvalue weighted by atomic mass is 9.89. The number of hydrogen-bond acceptors (Lipinski definition) is 4. The van der Waals surface area contributed by atoms with E-state index in [0.29, 0.717) is 25.2 Å². The Balaban J connectivity index is 1.60. The molecule has 0 unspecified atom stereocenters. The van der Waals surface area contributed by atoms with Gasteiger partial charge >= 0.3 is 0 Å². The molecule has 0 radical (unpaired) electrons. The fourth-order valence-electron chi connectivity index (χ4n) is 4.64. The van der Waals surface area contributed by atoms with Gasteiger partial charge in [-0.25, -0.2) is 0 Å². The monoisotopic (exact) mass is 457 g/mol. The van der Waals surface area contributed by atoms with Gasteiger partial charge in [-0.1, -0.05) is 75.8 Å². The highest BCUT2D eigenvalue weighted by Gasteiger charge is 2.32. The highest BCUT2D eigenvalue weighted by Crippen LogP contribution is 2.34. The van der Waals surface area contributed by atoms with Crippen molar-refractivity contribution in [3.63, 3.8) is 0 Å². The number of rotatable bonds is 16.